The molecule has 0 bridgehead atoms. The summed E-state index contributed by atoms with van der Waals surface area (Å²) in [5, 5.41) is 8.54. The van der Waals surface area contributed by atoms with Gasteiger partial charge < -0.3 is 10.0 Å². The summed E-state index contributed by atoms with van der Waals surface area (Å²) in [6.45, 7) is 6.55. The molecule has 0 aromatic rings. The molecule has 0 fully saturated rings. The number of carboxylic acids is 1. The van der Waals surface area contributed by atoms with Crippen LogP contribution >= 0.6 is 0 Å². The van der Waals surface area contributed by atoms with Gasteiger partial charge in [-0.05, 0) is 20.3 Å². The van der Waals surface area contributed by atoms with Crippen molar-refractivity contribution >= 4 is 11.9 Å². The van der Waals surface area contributed by atoms with Crippen molar-refractivity contribution in [3.8, 4) is 0 Å². The zero-order chi connectivity index (χ0) is 11.8. The molecule has 0 spiro atoms. The maximum atomic E-state index is 11.6. The number of aliphatic carboxylic acids is 1. The van der Waals surface area contributed by atoms with Gasteiger partial charge in [0.2, 0.25) is 5.91 Å². The summed E-state index contributed by atoms with van der Waals surface area (Å²) >= 11 is 0. The van der Waals surface area contributed by atoms with Crippen molar-refractivity contribution in [1.82, 2.24) is 4.90 Å². The van der Waals surface area contributed by atoms with Gasteiger partial charge >= 0.3 is 5.97 Å². The Hall–Kier alpha value is -1.32. The molecule has 4 heteroatoms. The van der Waals surface area contributed by atoms with E-state index in [0.29, 0.717) is 6.54 Å². The largest absolute Gasteiger partial charge is 0.481 e. The average Bonchev–Trinajstić information content (AvgIpc) is 2.10. The molecule has 0 unspecified atom stereocenters. The molecule has 0 saturated heterocycles. The highest BCUT2D eigenvalue weighted by atomic mass is 16.4. The van der Waals surface area contributed by atoms with E-state index in [4.69, 9.17) is 5.11 Å². The first kappa shape index (κ1) is 13.7. The van der Waals surface area contributed by atoms with Crippen molar-refractivity contribution in [2.75, 3.05) is 13.1 Å². The van der Waals surface area contributed by atoms with E-state index in [9.17, 15) is 9.59 Å². The minimum atomic E-state index is -0.874. The van der Waals surface area contributed by atoms with E-state index < -0.39 is 5.97 Å². The van der Waals surface area contributed by atoms with Gasteiger partial charge in [-0.1, -0.05) is 12.5 Å². The van der Waals surface area contributed by atoms with Crippen LogP contribution in [0.5, 0.6) is 0 Å². The molecule has 86 valence electrons. The molecule has 0 rings (SSSR count). The Morgan fingerprint density at radius 3 is 2.27 bits per heavy atom. The number of carbonyl (C=O) groups excluding carboxylic acids is 1. The summed E-state index contributed by atoms with van der Waals surface area (Å²) in [5.74, 6) is -0.973. The monoisotopic (exact) mass is 213 g/mol. The molecule has 4 nitrogen and oxygen atoms in total. The zero-order valence-electron chi connectivity index (χ0n) is 9.62. The van der Waals surface area contributed by atoms with Crippen LogP contribution in [0.1, 0.15) is 33.6 Å². The Labute approximate surface area is 90.6 Å². The quantitative estimate of drug-likeness (QED) is 0.683. The standard InChI is InChI=1S/C11H19NO3/c1-4-6-12(7-5-11(14)15)10(13)8-9(2)3/h8H,4-7H2,1-3H3,(H,14,15). The van der Waals surface area contributed by atoms with Crippen molar-refractivity contribution in [2.24, 2.45) is 0 Å². The van der Waals surface area contributed by atoms with Crippen molar-refractivity contribution in [2.45, 2.75) is 33.6 Å². The fourth-order valence-corrected chi connectivity index (χ4v) is 1.17. The second-order valence-corrected chi connectivity index (χ2v) is 3.69. The summed E-state index contributed by atoms with van der Waals surface area (Å²) in [6, 6.07) is 0. The normalized spacial score (nSPS) is 9.53. The number of nitrogens with zero attached hydrogens (tertiary/aromatic N) is 1. The third-order valence-electron chi connectivity index (χ3n) is 1.81. The van der Waals surface area contributed by atoms with Crippen LogP contribution in [0.25, 0.3) is 0 Å². The van der Waals surface area contributed by atoms with Gasteiger partial charge in [-0.15, -0.1) is 0 Å². The fourth-order valence-electron chi connectivity index (χ4n) is 1.17. The van der Waals surface area contributed by atoms with Crippen LogP contribution in [-0.2, 0) is 9.59 Å². The van der Waals surface area contributed by atoms with Crippen LogP contribution in [0.4, 0.5) is 0 Å². The van der Waals surface area contributed by atoms with Crippen LogP contribution < -0.4 is 0 Å². The lowest BCUT2D eigenvalue weighted by atomic mass is 10.2. The van der Waals surface area contributed by atoms with Crippen LogP contribution in [0, 0.1) is 0 Å². The number of rotatable bonds is 6. The van der Waals surface area contributed by atoms with Gasteiger partial charge in [0, 0.05) is 19.2 Å². The van der Waals surface area contributed by atoms with Crippen molar-refractivity contribution in [3.63, 3.8) is 0 Å². The van der Waals surface area contributed by atoms with Crippen LogP contribution in [-0.4, -0.2) is 35.0 Å². The highest BCUT2D eigenvalue weighted by molar-refractivity contribution is 5.88. The number of allylic oxidation sites excluding steroid dienone is 1. The SMILES string of the molecule is CCCN(CCC(=O)O)C(=O)C=C(C)C. The lowest BCUT2D eigenvalue weighted by molar-refractivity contribution is -0.138. The summed E-state index contributed by atoms with van der Waals surface area (Å²) in [7, 11) is 0. The van der Waals surface area contributed by atoms with Gasteiger partial charge in [-0.25, -0.2) is 0 Å². The van der Waals surface area contributed by atoms with E-state index in [-0.39, 0.29) is 18.9 Å². The Morgan fingerprint density at radius 1 is 1.27 bits per heavy atom. The highest BCUT2D eigenvalue weighted by Crippen LogP contribution is 1.99. The van der Waals surface area contributed by atoms with Crippen LogP contribution in [0.2, 0.25) is 0 Å². The first-order valence-corrected chi connectivity index (χ1v) is 5.13. The minimum Gasteiger partial charge on any atom is -0.481 e. The van der Waals surface area contributed by atoms with Crippen molar-refractivity contribution in [3.05, 3.63) is 11.6 Å². The fraction of sp³-hybridized carbons (Fsp3) is 0.636. The molecule has 0 aromatic heterocycles. The predicted octanol–water partition coefficient (Wildman–Crippen LogP) is 1.67. The third kappa shape index (κ3) is 6.71. The van der Waals surface area contributed by atoms with Gasteiger partial charge in [0.15, 0.2) is 0 Å². The highest BCUT2D eigenvalue weighted by Gasteiger charge is 2.11. The molecule has 0 aliphatic rings. The number of carbonyl (C=O) groups is 2. The van der Waals surface area contributed by atoms with E-state index >= 15 is 0 Å². The van der Waals surface area contributed by atoms with Gasteiger partial charge in [-0.2, -0.15) is 0 Å². The van der Waals surface area contributed by atoms with E-state index in [1.54, 1.807) is 4.90 Å². The first-order valence-electron chi connectivity index (χ1n) is 5.13. The van der Waals surface area contributed by atoms with Gasteiger partial charge in [0.05, 0.1) is 6.42 Å². The topological polar surface area (TPSA) is 57.6 Å². The molecule has 0 heterocycles. The second kappa shape index (κ2) is 7.04. The average molecular weight is 213 g/mol. The summed E-state index contributed by atoms with van der Waals surface area (Å²) in [5.41, 5.74) is 0.927. The molecular formula is C11H19NO3. The van der Waals surface area contributed by atoms with Crippen LogP contribution in [0.15, 0.2) is 11.6 Å². The van der Waals surface area contributed by atoms with Gasteiger partial charge in [0.1, 0.15) is 0 Å². The van der Waals surface area contributed by atoms with Crippen molar-refractivity contribution in [1.29, 1.82) is 0 Å². The van der Waals surface area contributed by atoms with Crippen LogP contribution in [0.3, 0.4) is 0 Å². The van der Waals surface area contributed by atoms with Gasteiger partial charge in [0.25, 0.3) is 0 Å². The number of amides is 1. The smallest absolute Gasteiger partial charge is 0.305 e. The molecule has 0 saturated carbocycles. The maximum absolute atomic E-state index is 11.6. The second-order valence-electron chi connectivity index (χ2n) is 3.69. The summed E-state index contributed by atoms with van der Waals surface area (Å²) in [6.07, 6.45) is 2.38. The lowest BCUT2D eigenvalue weighted by Gasteiger charge is -2.19. The molecular weight excluding hydrogens is 194 g/mol. The van der Waals surface area contributed by atoms with Crippen molar-refractivity contribution < 1.29 is 14.7 Å². The molecule has 0 aliphatic carbocycles. The molecule has 0 atom stereocenters. The zero-order valence-corrected chi connectivity index (χ0v) is 9.62. The van der Waals surface area contributed by atoms with E-state index in [1.807, 2.05) is 20.8 Å². The Kier molecular flexibility index (Phi) is 6.42. The third-order valence-corrected chi connectivity index (χ3v) is 1.81. The Balaban J connectivity index is 4.31. The summed E-state index contributed by atoms with van der Waals surface area (Å²) < 4.78 is 0. The van der Waals surface area contributed by atoms with E-state index in [2.05, 4.69) is 0 Å². The Bertz CT molecular complexity index is 255. The van der Waals surface area contributed by atoms with E-state index in [1.165, 1.54) is 6.08 Å². The molecule has 1 N–H and O–H groups in total. The number of carboxylic acid groups (broad SMARTS) is 1. The molecule has 15 heavy (non-hydrogen) atoms. The summed E-state index contributed by atoms with van der Waals surface area (Å²) in [4.78, 5) is 23.6. The molecule has 0 aliphatic heterocycles. The first-order chi connectivity index (χ1) is 6.97. The lowest BCUT2D eigenvalue weighted by Crippen LogP contribution is -2.32. The molecule has 0 radical (unpaired) electrons. The maximum Gasteiger partial charge on any atom is 0.305 e. The molecule has 1 amide bonds. The number of hydrogen-bond acceptors (Lipinski definition) is 2. The minimum absolute atomic E-state index is 0.00232. The predicted molar refractivity (Wildman–Crippen MR) is 58.6 cm³/mol. The number of hydrogen-bond donors (Lipinski definition) is 1. The Morgan fingerprint density at radius 2 is 1.87 bits per heavy atom. The van der Waals surface area contributed by atoms with E-state index in [0.717, 1.165) is 12.0 Å². The molecule has 0 aromatic carbocycles. The van der Waals surface area contributed by atoms with Gasteiger partial charge in [-0.3, -0.25) is 9.59 Å².